The summed E-state index contributed by atoms with van der Waals surface area (Å²) in [5.74, 6) is 0.636. The van der Waals surface area contributed by atoms with E-state index in [-0.39, 0.29) is 23.2 Å². The predicted octanol–water partition coefficient (Wildman–Crippen LogP) is 5.50. The molecular formula is C28H29ClN2O5S. The van der Waals surface area contributed by atoms with Gasteiger partial charge in [-0.1, -0.05) is 61.8 Å². The van der Waals surface area contributed by atoms with Gasteiger partial charge in [-0.15, -0.1) is 0 Å². The fraction of sp³-hybridized carbons (Fsp3) is 0.321. The fourth-order valence-electron chi connectivity index (χ4n) is 5.00. The molecule has 0 fully saturated rings. The molecule has 0 unspecified atom stereocenters. The Hall–Kier alpha value is -3.23. The summed E-state index contributed by atoms with van der Waals surface area (Å²) in [5, 5.41) is 3.50. The Labute approximate surface area is 222 Å². The number of fused-ring (bicyclic) bond motifs is 2. The maximum Gasteiger partial charge on any atom is 0.264 e. The molecule has 37 heavy (non-hydrogen) atoms. The van der Waals surface area contributed by atoms with Crippen LogP contribution in [-0.2, 0) is 14.8 Å². The number of amides is 1. The Kier molecular flexibility index (Phi) is 6.81. The molecule has 0 bridgehead atoms. The van der Waals surface area contributed by atoms with Crippen LogP contribution in [0.4, 0.5) is 5.69 Å². The van der Waals surface area contributed by atoms with Gasteiger partial charge in [-0.2, -0.15) is 0 Å². The Bertz CT molecular complexity index is 1410. The van der Waals surface area contributed by atoms with Gasteiger partial charge < -0.3 is 14.8 Å². The number of halogens is 1. The van der Waals surface area contributed by atoms with E-state index >= 15 is 0 Å². The number of hydrogen-bond acceptors (Lipinski definition) is 5. The Morgan fingerprint density at radius 2 is 1.73 bits per heavy atom. The van der Waals surface area contributed by atoms with E-state index in [9.17, 15) is 13.2 Å². The van der Waals surface area contributed by atoms with E-state index in [0.29, 0.717) is 17.1 Å². The third kappa shape index (κ3) is 4.76. The van der Waals surface area contributed by atoms with Crippen LogP contribution >= 0.6 is 11.6 Å². The molecule has 2 aliphatic heterocycles. The summed E-state index contributed by atoms with van der Waals surface area (Å²) in [7, 11) is -3.97. The monoisotopic (exact) mass is 540 g/mol. The lowest BCUT2D eigenvalue weighted by Gasteiger charge is -2.42. The molecule has 1 amide bonds. The van der Waals surface area contributed by atoms with E-state index in [2.05, 4.69) is 19.2 Å². The zero-order valence-electron chi connectivity index (χ0n) is 20.7. The van der Waals surface area contributed by atoms with Crippen molar-refractivity contribution in [3.63, 3.8) is 0 Å². The molecule has 0 aromatic heterocycles. The number of anilines is 1. The lowest BCUT2D eigenvalue weighted by molar-refractivity contribution is -0.129. The molecule has 5 rings (SSSR count). The highest BCUT2D eigenvalue weighted by Gasteiger charge is 2.42. The first-order valence-electron chi connectivity index (χ1n) is 12.4. The van der Waals surface area contributed by atoms with Crippen molar-refractivity contribution in [3.8, 4) is 11.5 Å². The maximum absolute atomic E-state index is 13.6. The molecule has 194 valence electrons. The third-order valence-corrected chi connectivity index (χ3v) is 9.25. The van der Waals surface area contributed by atoms with Crippen LogP contribution in [0.2, 0.25) is 5.02 Å². The van der Waals surface area contributed by atoms with Crippen LogP contribution in [0, 0.1) is 0 Å². The Balaban J connectivity index is 1.47. The highest BCUT2D eigenvalue weighted by molar-refractivity contribution is 7.92. The maximum atomic E-state index is 13.6. The lowest BCUT2D eigenvalue weighted by atomic mass is 9.83. The van der Waals surface area contributed by atoms with Gasteiger partial charge in [-0.25, -0.2) is 8.42 Å². The third-order valence-electron chi connectivity index (χ3n) is 7.22. The second-order valence-electron chi connectivity index (χ2n) is 9.36. The molecule has 2 aliphatic rings. The van der Waals surface area contributed by atoms with Crippen LogP contribution < -0.4 is 19.1 Å². The number of carbonyl (C=O) groups is 1. The van der Waals surface area contributed by atoms with Crippen molar-refractivity contribution in [2.45, 2.75) is 55.8 Å². The topological polar surface area (TPSA) is 84.9 Å². The summed E-state index contributed by atoms with van der Waals surface area (Å²) in [5.41, 5.74) is 0.795. The average Bonchev–Trinajstić information content (AvgIpc) is 2.92. The SMILES string of the molecule is CCC1(CC)C[C@H](NC(=O)[C@H]2CN(S(=O)(=O)c3ccccc3)c3cc(Cl)ccc3O2)c2ccccc2O1. The minimum Gasteiger partial charge on any atom is -0.487 e. The molecule has 0 aliphatic carbocycles. The lowest BCUT2D eigenvalue weighted by Crippen LogP contribution is -2.52. The van der Waals surface area contributed by atoms with E-state index in [1.807, 2.05) is 24.3 Å². The molecular weight excluding hydrogens is 512 g/mol. The summed E-state index contributed by atoms with van der Waals surface area (Å²) in [4.78, 5) is 13.7. The summed E-state index contributed by atoms with van der Waals surface area (Å²) in [6, 6.07) is 20.2. The number of carbonyl (C=O) groups excluding carboxylic acids is 1. The number of benzene rings is 3. The Morgan fingerprint density at radius 3 is 2.46 bits per heavy atom. The summed E-state index contributed by atoms with van der Waals surface area (Å²) >= 11 is 6.20. The number of nitrogens with one attached hydrogen (secondary N) is 1. The first-order valence-corrected chi connectivity index (χ1v) is 14.2. The molecule has 3 aromatic rings. The molecule has 0 saturated carbocycles. The molecule has 9 heteroatoms. The second kappa shape index (κ2) is 9.91. The zero-order chi connectivity index (χ0) is 26.2. The molecule has 0 spiro atoms. The minimum atomic E-state index is -3.97. The van der Waals surface area contributed by atoms with Crippen LogP contribution in [0.5, 0.6) is 11.5 Å². The number of sulfonamides is 1. The van der Waals surface area contributed by atoms with Gasteiger partial charge in [0.1, 0.15) is 17.1 Å². The number of hydrogen-bond donors (Lipinski definition) is 1. The molecule has 2 heterocycles. The standard InChI is InChI=1S/C28H29ClN2O5S/c1-3-28(4-2)17-22(21-12-8-9-13-24(21)36-28)30-27(32)26-18-31(23-16-19(29)14-15-25(23)35-26)37(33,34)20-10-6-5-7-11-20/h5-16,22,26H,3-4,17-18H2,1-2H3,(H,30,32)/t22-,26+/m0/s1. The molecule has 1 N–H and O–H groups in total. The van der Waals surface area contributed by atoms with Crippen molar-refractivity contribution < 1.29 is 22.7 Å². The van der Waals surface area contributed by atoms with Gasteiger partial charge in [0, 0.05) is 17.0 Å². The summed E-state index contributed by atoms with van der Waals surface area (Å²) in [6.45, 7) is 3.97. The van der Waals surface area contributed by atoms with E-state index < -0.39 is 27.6 Å². The average molecular weight is 541 g/mol. The number of para-hydroxylation sites is 1. The summed E-state index contributed by atoms with van der Waals surface area (Å²) < 4.78 is 40.9. The quantitative estimate of drug-likeness (QED) is 0.446. The van der Waals surface area contributed by atoms with Gasteiger partial charge in [-0.05, 0) is 49.2 Å². The van der Waals surface area contributed by atoms with Crippen molar-refractivity contribution in [2.24, 2.45) is 0 Å². The van der Waals surface area contributed by atoms with Crippen molar-refractivity contribution in [2.75, 3.05) is 10.8 Å². The molecule has 2 atom stereocenters. The van der Waals surface area contributed by atoms with Gasteiger partial charge in [-0.3, -0.25) is 9.10 Å². The number of rotatable bonds is 6. The Morgan fingerprint density at radius 1 is 1.03 bits per heavy atom. The van der Waals surface area contributed by atoms with Gasteiger partial charge in [0.2, 0.25) is 0 Å². The zero-order valence-corrected chi connectivity index (χ0v) is 22.3. The van der Waals surface area contributed by atoms with Crippen LogP contribution in [0.25, 0.3) is 0 Å². The largest absolute Gasteiger partial charge is 0.487 e. The van der Waals surface area contributed by atoms with Crippen molar-refractivity contribution in [3.05, 3.63) is 83.4 Å². The van der Waals surface area contributed by atoms with Gasteiger partial charge in [0.25, 0.3) is 15.9 Å². The highest BCUT2D eigenvalue weighted by atomic mass is 35.5. The summed E-state index contributed by atoms with van der Waals surface area (Å²) in [6.07, 6.45) is 1.14. The predicted molar refractivity (Wildman–Crippen MR) is 143 cm³/mol. The molecule has 7 nitrogen and oxygen atoms in total. The van der Waals surface area contributed by atoms with Gasteiger partial charge in [0.05, 0.1) is 23.2 Å². The van der Waals surface area contributed by atoms with Crippen molar-refractivity contribution in [1.82, 2.24) is 5.32 Å². The first-order chi connectivity index (χ1) is 17.8. The van der Waals surface area contributed by atoms with E-state index in [1.165, 1.54) is 22.5 Å². The van der Waals surface area contributed by atoms with Crippen LogP contribution in [-0.4, -0.2) is 32.6 Å². The molecule has 3 aromatic carbocycles. The fourth-order valence-corrected chi connectivity index (χ4v) is 6.66. The van der Waals surface area contributed by atoms with E-state index in [1.54, 1.807) is 30.3 Å². The van der Waals surface area contributed by atoms with E-state index in [0.717, 1.165) is 24.2 Å². The highest BCUT2D eigenvalue weighted by Crippen LogP contribution is 2.43. The van der Waals surface area contributed by atoms with E-state index in [4.69, 9.17) is 21.1 Å². The van der Waals surface area contributed by atoms with Gasteiger partial charge >= 0.3 is 0 Å². The molecule has 0 saturated heterocycles. The van der Waals surface area contributed by atoms with Crippen LogP contribution in [0.3, 0.4) is 0 Å². The van der Waals surface area contributed by atoms with Crippen molar-refractivity contribution in [1.29, 1.82) is 0 Å². The smallest absolute Gasteiger partial charge is 0.264 e. The van der Waals surface area contributed by atoms with Crippen LogP contribution in [0.1, 0.15) is 44.7 Å². The van der Waals surface area contributed by atoms with Crippen molar-refractivity contribution >= 4 is 33.2 Å². The molecule has 0 radical (unpaired) electrons. The normalized spacial score (nSPS) is 20.1. The number of nitrogens with zero attached hydrogens (tertiary/aromatic N) is 1. The second-order valence-corrected chi connectivity index (χ2v) is 11.7. The number of ether oxygens (including phenoxy) is 2. The minimum absolute atomic E-state index is 0.121. The van der Waals surface area contributed by atoms with Gasteiger partial charge in [0.15, 0.2) is 6.10 Å². The van der Waals surface area contributed by atoms with Crippen LogP contribution in [0.15, 0.2) is 77.7 Å². The first kappa shape index (κ1) is 25.4.